The van der Waals surface area contributed by atoms with Crippen LogP contribution in [0.3, 0.4) is 0 Å². The molecule has 1 heterocycles. The van der Waals surface area contributed by atoms with Gasteiger partial charge in [-0.2, -0.15) is 5.10 Å². The monoisotopic (exact) mass is 416 g/mol. The lowest BCUT2D eigenvalue weighted by atomic mass is 10.2. The summed E-state index contributed by atoms with van der Waals surface area (Å²) in [5.41, 5.74) is 2.98. The van der Waals surface area contributed by atoms with Crippen LogP contribution in [0.25, 0.3) is 0 Å². The van der Waals surface area contributed by atoms with Crippen LogP contribution in [0, 0.1) is 0 Å². The molecule has 0 unspecified atom stereocenters. The van der Waals surface area contributed by atoms with Gasteiger partial charge in [0.15, 0.2) is 6.61 Å². The second-order valence-electron chi connectivity index (χ2n) is 6.03. The lowest BCUT2D eigenvalue weighted by Gasteiger charge is -2.07. The van der Waals surface area contributed by atoms with Gasteiger partial charge in [-0.3, -0.25) is 14.4 Å². The van der Waals surface area contributed by atoms with E-state index in [0.29, 0.717) is 36.8 Å². The summed E-state index contributed by atoms with van der Waals surface area (Å²) in [5, 5.41) is 9.02. The van der Waals surface area contributed by atoms with E-state index in [9.17, 15) is 14.4 Å². The fraction of sp³-hybridized carbons (Fsp3) is 0.300. The number of hydrogen-bond acceptors (Lipinski definition) is 7. The van der Waals surface area contributed by atoms with Gasteiger partial charge in [0, 0.05) is 13.7 Å². The minimum Gasteiger partial charge on any atom is -0.484 e. The number of nitrogens with one attached hydrogen (secondary N) is 3. The Morgan fingerprint density at radius 2 is 1.87 bits per heavy atom. The topological polar surface area (TPSA) is 131 Å². The van der Waals surface area contributed by atoms with Crippen molar-refractivity contribution in [2.75, 3.05) is 26.9 Å². The Morgan fingerprint density at radius 3 is 2.57 bits per heavy atom. The third kappa shape index (κ3) is 9.02. The average Bonchev–Trinajstić information content (AvgIpc) is 3.25. The zero-order valence-electron chi connectivity index (χ0n) is 16.6. The number of benzene rings is 1. The van der Waals surface area contributed by atoms with Crippen LogP contribution < -0.4 is 20.8 Å². The van der Waals surface area contributed by atoms with Crippen molar-refractivity contribution < 1.29 is 28.3 Å². The molecular weight excluding hydrogens is 392 g/mol. The lowest BCUT2D eigenvalue weighted by Crippen LogP contribution is -2.31. The summed E-state index contributed by atoms with van der Waals surface area (Å²) in [6.07, 6.45) is 2.64. The van der Waals surface area contributed by atoms with Gasteiger partial charge in [0.25, 0.3) is 5.91 Å². The predicted molar refractivity (Wildman–Crippen MR) is 108 cm³/mol. The molecule has 0 aliphatic rings. The van der Waals surface area contributed by atoms with Gasteiger partial charge in [0.1, 0.15) is 17.9 Å². The van der Waals surface area contributed by atoms with Gasteiger partial charge in [0.05, 0.1) is 25.6 Å². The third-order valence-corrected chi connectivity index (χ3v) is 3.64. The molecule has 10 heteroatoms. The second-order valence-corrected chi connectivity index (χ2v) is 6.03. The molecular formula is C20H24N4O6. The maximum absolute atomic E-state index is 11.8. The molecule has 0 saturated heterocycles. The second kappa shape index (κ2) is 12.7. The SMILES string of the molecule is COCCNC(=O)CC(=O)N/N=C/c1ccc(OCC(=O)NCc2ccco2)cc1. The Hall–Kier alpha value is -3.66. The van der Waals surface area contributed by atoms with Crippen LogP contribution in [0.4, 0.5) is 0 Å². The smallest absolute Gasteiger partial charge is 0.258 e. The van der Waals surface area contributed by atoms with Crippen molar-refractivity contribution in [3.63, 3.8) is 0 Å². The molecule has 1 aromatic heterocycles. The molecule has 3 N–H and O–H groups in total. The molecule has 0 atom stereocenters. The van der Waals surface area contributed by atoms with E-state index < -0.39 is 11.8 Å². The molecule has 1 aromatic carbocycles. The highest BCUT2D eigenvalue weighted by Gasteiger charge is 2.07. The number of furan rings is 1. The van der Waals surface area contributed by atoms with Crippen molar-refractivity contribution in [1.82, 2.24) is 16.1 Å². The maximum atomic E-state index is 11.8. The number of amides is 3. The van der Waals surface area contributed by atoms with Crippen molar-refractivity contribution in [1.29, 1.82) is 0 Å². The van der Waals surface area contributed by atoms with Gasteiger partial charge in [0.2, 0.25) is 11.8 Å². The molecule has 0 aliphatic heterocycles. The Morgan fingerprint density at radius 1 is 1.07 bits per heavy atom. The van der Waals surface area contributed by atoms with Crippen LogP contribution in [0.15, 0.2) is 52.2 Å². The van der Waals surface area contributed by atoms with Crippen molar-refractivity contribution in [2.45, 2.75) is 13.0 Å². The summed E-state index contributed by atoms with van der Waals surface area (Å²) in [4.78, 5) is 34.9. The third-order valence-electron chi connectivity index (χ3n) is 3.64. The van der Waals surface area contributed by atoms with Crippen LogP contribution in [0.2, 0.25) is 0 Å². The number of carbonyl (C=O) groups excluding carboxylic acids is 3. The van der Waals surface area contributed by atoms with Crippen molar-refractivity contribution in [3.8, 4) is 5.75 Å². The minimum atomic E-state index is -0.526. The summed E-state index contributed by atoms with van der Waals surface area (Å²) < 4.78 is 15.3. The molecule has 0 bridgehead atoms. The Labute approximate surface area is 173 Å². The Balaban J connectivity index is 1.66. The number of nitrogens with zero attached hydrogens (tertiary/aromatic N) is 1. The molecule has 30 heavy (non-hydrogen) atoms. The molecule has 3 amide bonds. The van der Waals surface area contributed by atoms with Crippen molar-refractivity contribution in [3.05, 3.63) is 54.0 Å². The van der Waals surface area contributed by atoms with E-state index in [1.165, 1.54) is 19.6 Å². The van der Waals surface area contributed by atoms with Crippen molar-refractivity contribution >= 4 is 23.9 Å². The molecule has 0 spiro atoms. The van der Waals surface area contributed by atoms with E-state index in [1.807, 2.05) is 0 Å². The first-order valence-corrected chi connectivity index (χ1v) is 9.16. The standard InChI is InChI=1S/C20H24N4O6/c1-28-10-8-21-18(25)11-19(26)24-23-12-15-4-6-16(7-5-15)30-14-20(27)22-13-17-3-2-9-29-17/h2-7,9,12H,8,10-11,13-14H2,1H3,(H,21,25)(H,22,27)(H,24,26)/b23-12+. The molecule has 0 aliphatic carbocycles. The van der Waals surface area contributed by atoms with Gasteiger partial charge in [-0.15, -0.1) is 0 Å². The molecule has 160 valence electrons. The molecule has 2 rings (SSSR count). The van der Waals surface area contributed by atoms with Crippen LogP contribution >= 0.6 is 0 Å². The van der Waals surface area contributed by atoms with E-state index in [4.69, 9.17) is 13.9 Å². The van der Waals surface area contributed by atoms with Gasteiger partial charge in [-0.25, -0.2) is 5.43 Å². The zero-order chi connectivity index (χ0) is 21.6. The fourth-order valence-electron chi connectivity index (χ4n) is 2.17. The highest BCUT2D eigenvalue weighted by molar-refractivity contribution is 5.97. The fourth-order valence-corrected chi connectivity index (χ4v) is 2.17. The number of hydrogen-bond donors (Lipinski definition) is 3. The summed E-state index contributed by atoms with van der Waals surface area (Å²) in [6, 6.07) is 10.3. The van der Waals surface area contributed by atoms with E-state index in [-0.39, 0.29) is 18.9 Å². The van der Waals surface area contributed by atoms with Crippen LogP contribution in [-0.2, 0) is 25.7 Å². The molecule has 0 radical (unpaired) electrons. The number of carbonyl (C=O) groups is 3. The maximum Gasteiger partial charge on any atom is 0.258 e. The average molecular weight is 416 g/mol. The first-order valence-electron chi connectivity index (χ1n) is 9.16. The highest BCUT2D eigenvalue weighted by atomic mass is 16.5. The molecule has 0 saturated carbocycles. The minimum absolute atomic E-state index is 0.128. The number of methoxy groups -OCH3 is 1. The first kappa shape index (κ1) is 22.6. The zero-order valence-corrected chi connectivity index (χ0v) is 16.6. The Bertz CT molecular complexity index is 833. The molecule has 10 nitrogen and oxygen atoms in total. The normalized spacial score (nSPS) is 10.6. The van der Waals surface area contributed by atoms with E-state index >= 15 is 0 Å². The largest absolute Gasteiger partial charge is 0.484 e. The van der Waals surface area contributed by atoms with Crippen LogP contribution in [0.5, 0.6) is 5.75 Å². The van der Waals surface area contributed by atoms with Crippen LogP contribution in [0.1, 0.15) is 17.7 Å². The van der Waals surface area contributed by atoms with Gasteiger partial charge in [-0.05, 0) is 42.0 Å². The van der Waals surface area contributed by atoms with Gasteiger partial charge in [-0.1, -0.05) is 0 Å². The summed E-state index contributed by atoms with van der Waals surface area (Å²) in [5.74, 6) is -0.0370. The summed E-state index contributed by atoms with van der Waals surface area (Å²) in [7, 11) is 1.52. The summed E-state index contributed by atoms with van der Waals surface area (Å²) >= 11 is 0. The molecule has 0 fully saturated rings. The van der Waals surface area contributed by atoms with Gasteiger partial charge < -0.3 is 24.5 Å². The number of rotatable bonds is 12. The lowest BCUT2D eigenvalue weighted by molar-refractivity contribution is -0.129. The van der Waals surface area contributed by atoms with E-state index in [2.05, 4.69) is 21.2 Å². The Kier molecular flexibility index (Phi) is 9.60. The summed E-state index contributed by atoms with van der Waals surface area (Å²) in [6.45, 7) is 0.883. The van der Waals surface area contributed by atoms with E-state index in [0.717, 1.165) is 0 Å². The quantitative estimate of drug-likeness (QED) is 0.201. The predicted octanol–water partition coefficient (Wildman–Crippen LogP) is 0.578. The van der Waals surface area contributed by atoms with Gasteiger partial charge >= 0.3 is 0 Å². The number of ether oxygens (including phenoxy) is 2. The van der Waals surface area contributed by atoms with Crippen molar-refractivity contribution in [2.24, 2.45) is 5.10 Å². The number of hydrazone groups is 1. The first-order chi connectivity index (χ1) is 14.6. The van der Waals surface area contributed by atoms with Crippen LogP contribution in [-0.4, -0.2) is 50.8 Å². The highest BCUT2D eigenvalue weighted by Crippen LogP contribution is 2.11. The molecule has 2 aromatic rings. The van der Waals surface area contributed by atoms with E-state index in [1.54, 1.807) is 36.4 Å².